The van der Waals surface area contributed by atoms with E-state index in [-0.39, 0.29) is 35.2 Å². The van der Waals surface area contributed by atoms with Gasteiger partial charge in [0, 0.05) is 12.1 Å². The molecule has 0 aliphatic heterocycles. The number of nitrogens with two attached hydrogens (primary N) is 2. The molecule has 0 fully saturated rings. The molecule has 0 atom stereocenters. The van der Waals surface area contributed by atoms with Crippen molar-refractivity contribution in [1.82, 2.24) is 9.97 Å². The zero-order chi connectivity index (χ0) is 20.4. The van der Waals surface area contributed by atoms with Crippen molar-refractivity contribution < 1.29 is 4.42 Å². The number of hydrogen-bond donors (Lipinski definition) is 3. The minimum absolute atomic E-state index is 0.0242. The monoisotopic (exact) mass is 384 g/mol. The van der Waals surface area contributed by atoms with Crippen molar-refractivity contribution >= 4 is 34.2 Å². The van der Waals surface area contributed by atoms with Crippen LogP contribution in [0.3, 0.4) is 0 Å². The van der Waals surface area contributed by atoms with E-state index in [1.54, 1.807) is 18.2 Å². The first-order chi connectivity index (χ1) is 14.1. The summed E-state index contributed by atoms with van der Waals surface area (Å²) < 4.78 is 6.07. The molecule has 8 nitrogen and oxygen atoms in total. The van der Waals surface area contributed by atoms with Crippen molar-refractivity contribution in [2.75, 3.05) is 16.8 Å². The lowest BCUT2D eigenvalue weighted by Crippen LogP contribution is -2.16. The van der Waals surface area contributed by atoms with Gasteiger partial charge >= 0.3 is 0 Å². The number of nitrogens with zero attached hydrogens (tertiary/aromatic N) is 3. The lowest BCUT2D eigenvalue weighted by Gasteiger charge is -2.13. The molecule has 4 rings (SSSR count). The van der Waals surface area contributed by atoms with Gasteiger partial charge in [0.25, 0.3) is 5.69 Å². The Bertz CT molecular complexity index is 1310. The third-order valence-corrected chi connectivity index (χ3v) is 4.40. The van der Waals surface area contributed by atoms with Gasteiger partial charge < -0.3 is 21.2 Å². The molecule has 0 unspecified atom stereocenters. The molecule has 2 aromatic carbocycles. The highest BCUT2D eigenvalue weighted by Gasteiger charge is 2.18. The molecule has 0 amide bonds. The second-order valence-corrected chi connectivity index (χ2v) is 6.23. The first-order valence-corrected chi connectivity index (χ1v) is 8.73. The zero-order valence-electron chi connectivity index (χ0n) is 15.2. The maximum Gasteiger partial charge on any atom is 0.268 e. The van der Waals surface area contributed by atoms with Gasteiger partial charge in [0.05, 0.1) is 17.5 Å². The van der Waals surface area contributed by atoms with E-state index in [9.17, 15) is 4.79 Å². The van der Waals surface area contributed by atoms with E-state index in [0.717, 1.165) is 5.56 Å². The van der Waals surface area contributed by atoms with Crippen LogP contribution >= 0.6 is 0 Å². The van der Waals surface area contributed by atoms with Crippen molar-refractivity contribution in [2.45, 2.75) is 6.54 Å². The van der Waals surface area contributed by atoms with Gasteiger partial charge in [0.1, 0.15) is 23.0 Å². The predicted molar refractivity (Wildman–Crippen MR) is 112 cm³/mol. The Kier molecular flexibility index (Phi) is 4.55. The van der Waals surface area contributed by atoms with Gasteiger partial charge in [-0.2, -0.15) is 0 Å². The molecule has 142 valence electrons. The quantitative estimate of drug-likeness (QED) is 0.459. The fourth-order valence-corrected chi connectivity index (χ4v) is 3.06. The lowest BCUT2D eigenvalue weighted by atomic mass is 10.0. The first-order valence-electron chi connectivity index (χ1n) is 8.73. The molecule has 0 aliphatic rings. The summed E-state index contributed by atoms with van der Waals surface area (Å²) >= 11 is 0. The van der Waals surface area contributed by atoms with Gasteiger partial charge in [0.2, 0.25) is 5.95 Å². The Morgan fingerprint density at radius 3 is 2.52 bits per heavy atom. The Balaban J connectivity index is 1.85. The van der Waals surface area contributed by atoms with Crippen molar-refractivity contribution in [2.24, 2.45) is 0 Å². The number of nitrogen functional groups attached to an aromatic ring is 2. The van der Waals surface area contributed by atoms with Crippen LogP contribution in [0.4, 0.5) is 23.3 Å². The van der Waals surface area contributed by atoms with Crippen LogP contribution < -0.4 is 22.2 Å². The molecule has 0 saturated heterocycles. The predicted octanol–water partition coefficient (Wildman–Crippen LogP) is 3.58. The summed E-state index contributed by atoms with van der Waals surface area (Å²) in [6, 6.07) is 16.4. The SMILES string of the molecule is [C-]#[N+]c1c(N)nc(N)nc1NCc1c(-c2ccccc2)oc2ccccc2c1=O. The zero-order valence-corrected chi connectivity index (χ0v) is 15.2. The van der Waals surface area contributed by atoms with Crippen molar-refractivity contribution in [3.8, 4) is 11.3 Å². The summed E-state index contributed by atoms with van der Waals surface area (Å²) in [7, 11) is 0. The molecular weight excluding hydrogens is 368 g/mol. The standard InChI is InChI=1S/C21H16N6O2/c1-24-16-19(22)26-21(23)27-20(16)25-11-14-17(28)13-9-5-6-10-15(13)29-18(14)12-7-3-2-4-8-12/h2-10H,11H2,(H5,22,23,25,26,27). The highest BCUT2D eigenvalue weighted by atomic mass is 16.3. The minimum atomic E-state index is -0.169. The summed E-state index contributed by atoms with van der Waals surface area (Å²) in [5.41, 5.74) is 13.0. The third kappa shape index (κ3) is 3.33. The molecule has 2 aromatic heterocycles. The molecule has 0 bridgehead atoms. The number of rotatable bonds is 4. The molecular formula is C21H16N6O2. The highest BCUT2D eigenvalue weighted by molar-refractivity contribution is 5.81. The fourth-order valence-electron chi connectivity index (χ4n) is 3.06. The van der Waals surface area contributed by atoms with E-state index in [1.807, 2.05) is 36.4 Å². The van der Waals surface area contributed by atoms with E-state index in [2.05, 4.69) is 20.1 Å². The third-order valence-electron chi connectivity index (χ3n) is 4.40. The van der Waals surface area contributed by atoms with Crippen LogP contribution in [-0.4, -0.2) is 9.97 Å². The van der Waals surface area contributed by atoms with Crippen LogP contribution in [0.25, 0.3) is 27.1 Å². The normalized spacial score (nSPS) is 10.6. The maximum absolute atomic E-state index is 13.2. The van der Waals surface area contributed by atoms with E-state index in [1.165, 1.54) is 0 Å². The van der Waals surface area contributed by atoms with Crippen LogP contribution in [-0.2, 0) is 6.54 Å². The number of fused-ring (bicyclic) bond motifs is 1. The van der Waals surface area contributed by atoms with Gasteiger partial charge in [-0.3, -0.25) is 4.79 Å². The topological polar surface area (TPSA) is 124 Å². The molecule has 0 radical (unpaired) electrons. The largest absolute Gasteiger partial charge is 0.455 e. The van der Waals surface area contributed by atoms with E-state index >= 15 is 0 Å². The lowest BCUT2D eigenvalue weighted by molar-refractivity contribution is 0.611. The average Bonchev–Trinajstić information content (AvgIpc) is 2.73. The molecule has 0 spiro atoms. The number of nitrogens with one attached hydrogen (secondary N) is 1. The Morgan fingerprint density at radius 2 is 1.76 bits per heavy atom. The number of hydrogen-bond acceptors (Lipinski definition) is 7. The average molecular weight is 384 g/mol. The number of benzene rings is 2. The Morgan fingerprint density at radius 1 is 1.03 bits per heavy atom. The number of anilines is 3. The number of aromatic nitrogens is 2. The van der Waals surface area contributed by atoms with Crippen molar-refractivity contribution in [3.05, 3.63) is 81.8 Å². The van der Waals surface area contributed by atoms with Gasteiger partial charge in [-0.1, -0.05) is 42.5 Å². The molecule has 0 saturated carbocycles. The second-order valence-electron chi connectivity index (χ2n) is 6.23. The Hall–Kier alpha value is -4.38. The van der Waals surface area contributed by atoms with E-state index in [4.69, 9.17) is 22.5 Å². The van der Waals surface area contributed by atoms with Crippen molar-refractivity contribution in [1.29, 1.82) is 0 Å². The molecule has 2 heterocycles. The summed E-state index contributed by atoms with van der Waals surface area (Å²) in [6.07, 6.45) is 0. The van der Waals surface area contributed by atoms with Crippen LogP contribution in [0.1, 0.15) is 5.56 Å². The van der Waals surface area contributed by atoms with Gasteiger partial charge in [-0.25, -0.2) is 14.8 Å². The van der Waals surface area contributed by atoms with Gasteiger partial charge in [-0.05, 0) is 12.1 Å². The molecule has 8 heteroatoms. The Labute approximate surface area is 165 Å². The van der Waals surface area contributed by atoms with Crippen LogP contribution in [0, 0.1) is 6.57 Å². The molecule has 5 N–H and O–H groups in total. The number of para-hydroxylation sites is 1. The maximum atomic E-state index is 13.2. The first kappa shape index (κ1) is 18.0. The smallest absolute Gasteiger partial charge is 0.268 e. The summed E-state index contributed by atoms with van der Waals surface area (Å²) in [4.78, 5) is 24.4. The van der Waals surface area contributed by atoms with Gasteiger partial charge in [-0.15, -0.1) is 0 Å². The summed E-state index contributed by atoms with van der Waals surface area (Å²) in [6.45, 7) is 7.38. The van der Waals surface area contributed by atoms with Crippen molar-refractivity contribution in [3.63, 3.8) is 0 Å². The minimum Gasteiger partial charge on any atom is -0.455 e. The molecule has 29 heavy (non-hydrogen) atoms. The molecule has 4 aromatic rings. The van der Waals surface area contributed by atoms with Crippen LogP contribution in [0.15, 0.2) is 63.8 Å². The van der Waals surface area contributed by atoms with Crippen LogP contribution in [0.5, 0.6) is 0 Å². The second kappa shape index (κ2) is 7.32. The van der Waals surface area contributed by atoms with E-state index < -0.39 is 0 Å². The van der Waals surface area contributed by atoms with Gasteiger partial charge in [0.15, 0.2) is 5.43 Å². The highest BCUT2D eigenvalue weighted by Crippen LogP contribution is 2.31. The molecule has 0 aliphatic carbocycles. The van der Waals surface area contributed by atoms with Crippen LogP contribution in [0.2, 0.25) is 0 Å². The van der Waals surface area contributed by atoms with E-state index in [0.29, 0.717) is 22.3 Å². The summed E-state index contributed by atoms with van der Waals surface area (Å²) in [5.74, 6) is 0.521. The fraction of sp³-hybridized carbons (Fsp3) is 0.0476. The summed E-state index contributed by atoms with van der Waals surface area (Å²) in [5, 5.41) is 3.46.